The highest BCUT2D eigenvalue weighted by molar-refractivity contribution is 9.10. The number of nitrogens with zero attached hydrogens (tertiary/aromatic N) is 1. The van der Waals surface area contributed by atoms with Crippen LogP contribution in [0.1, 0.15) is 55.2 Å². The van der Waals surface area contributed by atoms with E-state index in [0.29, 0.717) is 27.2 Å². The van der Waals surface area contributed by atoms with Crippen LogP contribution in [0.3, 0.4) is 0 Å². The molecule has 5 fully saturated rings. The van der Waals surface area contributed by atoms with Gasteiger partial charge in [-0.1, -0.05) is 40.2 Å². The van der Waals surface area contributed by atoms with Crippen molar-refractivity contribution in [3.05, 3.63) is 93.2 Å². The van der Waals surface area contributed by atoms with Crippen LogP contribution in [0.2, 0.25) is 0 Å². The normalized spacial score (nSPS) is 26.7. The number of rotatable bonds is 7. The number of benzene rings is 3. The summed E-state index contributed by atoms with van der Waals surface area (Å²) in [6.45, 7) is 0.184. The molecule has 0 unspecified atom stereocenters. The van der Waals surface area contributed by atoms with E-state index in [9.17, 15) is 18.8 Å². The zero-order chi connectivity index (χ0) is 30.6. The molecule has 1 saturated heterocycles. The van der Waals surface area contributed by atoms with Crippen molar-refractivity contribution in [3.63, 3.8) is 0 Å². The first-order chi connectivity index (χ1) is 21.2. The molecule has 44 heavy (non-hydrogen) atoms. The highest BCUT2D eigenvalue weighted by Crippen LogP contribution is 2.60. The Bertz CT molecular complexity index is 1650. The van der Waals surface area contributed by atoms with Gasteiger partial charge in [0.25, 0.3) is 11.8 Å². The van der Waals surface area contributed by atoms with Gasteiger partial charge < -0.3 is 9.47 Å². The third-order valence-electron chi connectivity index (χ3n) is 9.77. The van der Waals surface area contributed by atoms with E-state index in [2.05, 4.69) is 33.4 Å². The minimum Gasteiger partial charge on any atom is -0.493 e. The Morgan fingerprint density at radius 1 is 0.932 bits per heavy atom. The molecule has 9 heteroatoms. The van der Waals surface area contributed by atoms with E-state index in [0.717, 1.165) is 28.2 Å². The standard InChI is InChI=1S/C35H32BrFN2O5/c1-43-30-14-24(29(36)15-31(30)44-19-20-2-6-26(37)7-3-20)13-28-32(40)38-34(42)39(33(28)41)27-8-4-25(5-9-27)35-16-21-10-22(17-35)12-23(11-21)18-35/h2-9,13-15,21-23H,10-12,16-19H2,1H3,(H,38,40,42)/b28-13+. The Morgan fingerprint density at radius 3 is 2.18 bits per heavy atom. The molecule has 1 heterocycles. The number of halogens is 2. The first kappa shape index (κ1) is 28.8. The molecular formula is C35H32BrFN2O5. The summed E-state index contributed by atoms with van der Waals surface area (Å²) in [6.07, 6.45) is 9.16. The number of carbonyl (C=O) groups excluding carboxylic acids is 3. The molecule has 3 aromatic rings. The summed E-state index contributed by atoms with van der Waals surface area (Å²) in [5, 5.41) is 2.31. The van der Waals surface area contributed by atoms with E-state index < -0.39 is 17.8 Å². The van der Waals surface area contributed by atoms with Gasteiger partial charge in [-0.25, -0.2) is 14.1 Å². The Morgan fingerprint density at radius 2 is 1.57 bits per heavy atom. The maximum atomic E-state index is 13.7. The fourth-order valence-electron chi connectivity index (χ4n) is 8.15. The SMILES string of the molecule is COc1cc(/C=C2\C(=O)NC(=O)N(c3ccc(C45CC6CC(CC(C6)C4)C5)cc3)C2=O)c(Br)cc1OCc1ccc(F)cc1. The first-order valence-corrected chi connectivity index (χ1v) is 15.8. The second kappa shape index (κ2) is 11.2. The number of anilines is 1. The van der Waals surface area contributed by atoms with Gasteiger partial charge >= 0.3 is 6.03 Å². The average Bonchev–Trinajstić information content (AvgIpc) is 2.99. The second-order valence-electron chi connectivity index (χ2n) is 12.6. The van der Waals surface area contributed by atoms with Crippen molar-refractivity contribution in [2.75, 3.05) is 12.0 Å². The quantitative estimate of drug-likeness (QED) is 0.213. The van der Waals surface area contributed by atoms with Crippen molar-refractivity contribution in [1.82, 2.24) is 5.32 Å². The van der Waals surface area contributed by atoms with E-state index >= 15 is 0 Å². The number of methoxy groups -OCH3 is 1. The van der Waals surface area contributed by atoms with Crippen LogP contribution in [-0.4, -0.2) is 25.0 Å². The highest BCUT2D eigenvalue weighted by atomic mass is 79.9. The van der Waals surface area contributed by atoms with Gasteiger partial charge in [0, 0.05) is 4.47 Å². The predicted molar refractivity (Wildman–Crippen MR) is 167 cm³/mol. The number of carbonyl (C=O) groups is 3. The molecule has 8 rings (SSSR count). The van der Waals surface area contributed by atoms with Crippen molar-refractivity contribution >= 4 is 45.5 Å². The van der Waals surface area contributed by atoms with Crippen LogP contribution >= 0.6 is 15.9 Å². The number of amides is 4. The molecule has 1 aliphatic heterocycles. The molecular weight excluding hydrogens is 627 g/mol. The maximum absolute atomic E-state index is 13.7. The lowest BCUT2D eigenvalue weighted by Gasteiger charge is -2.57. The minimum atomic E-state index is -0.777. The van der Waals surface area contributed by atoms with Gasteiger partial charge in [0.05, 0.1) is 12.8 Å². The van der Waals surface area contributed by atoms with E-state index in [1.165, 1.54) is 69.4 Å². The fourth-order valence-corrected chi connectivity index (χ4v) is 8.59. The molecule has 0 radical (unpaired) electrons. The summed E-state index contributed by atoms with van der Waals surface area (Å²) in [5.74, 6) is 1.41. The average molecular weight is 660 g/mol. The van der Waals surface area contributed by atoms with Crippen LogP contribution in [0.4, 0.5) is 14.9 Å². The van der Waals surface area contributed by atoms with Crippen molar-refractivity contribution in [1.29, 1.82) is 0 Å². The minimum absolute atomic E-state index is 0.183. The van der Waals surface area contributed by atoms with Gasteiger partial charge in [-0.15, -0.1) is 0 Å². The van der Waals surface area contributed by atoms with Gasteiger partial charge in [0.1, 0.15) is 18.0 Å². The predicted octanol–water partition coefficient (Wildman–Crippen LogP) is 7.31. The zero-order valence-corrected chi connectivity index (χ0v) is 25.9. The lowest BCUT2D eigenvalue weighted by atomic mass is 9.48. The third-order valence-corrected chi connectivity index (χ3v) is 10.5. The summed E-state index contributed by atoms with van der Waals surface area (Å²) < 4.78 is 25.2. The molecule has 7 nitrogen and oxygen atoms in total. The first-order valence-electron chi connectivity index (χ1n) is 15.0. The topological polar surface area (TPSA) is 84.9 Å². The number of ether oxygens (including phenoxy) is 2. The van der Waals surface area contributed by atoms with Crippen LogP contribution in [0.25, 0.3) is 6.08 Å². The Labute approximate surface area is 263 Å². The van der Waals surface area contributed by atoms with Gasteiger partial charge in [0.15, 0.2) is 11.5 Å². The zero-order valence-electron chi connectivity index (χ0n) is 24.3. The molecule has 4 bridgehead atoms. The highest BCUT2D eigenvalue weighted by Gasteiger charge is 2.51. The number of hydrogen-bond acceptors (Lipinski definition) is 5. The lowest BCUT2D eigenvalue weighted by molar-refractivity contribution is -0.122. The lowest BCUT2D eigenvalue weighted by Crippen LogP contribution is -2.54. The Balaban J connectivity index is 1.13. The molecule has 5 aliphatic rings. The van der Waals surface area contributed by atoms with Crippen LogP contribution in [0.5, 0.6) is 11.5 Å². The van der Waals surface area contributed by atoms with Gasteiger partial charge in [-0.3, -0.25) is 14.9 Å². The van der Waals surface area contributed by atoms with E-state index in [4.69, 9.17) is 9.47 Å². The molecule has 3 aromatic carbocycles. The molecule has 0 aromatic heterocycles. The smallest absolute Gasteiger partial charge is 0.335 e. The fraction of sp³-hybridized carbons (Fsp3) is 0.343. The van der Waals surface area contributed by atoms with Gasteiger partial charge in [-0.05, 0) is 121 Å². The number of hydrogen-bond donors (Lipinski definition) is 1. The maximum Gasteiger partial charge on any atom is 0.335 e. The van der Waals surface area contributed by atoms with E-state index in [-0.39, 0.29) is 23.4 Å². The third kappa shape index (κ3) is 5.21. The molecule has 1 N–H and O–H groups in total. The molecule has 4 aliphatic carbocycles. The largest absolute Gasteiger partial charge is 0.493 e. The Hall–Kier alpha value is -3.98. The molecule has 4 saturated carbocycles. The van der Waals surface area contributed by atoms with Gasteiger partial charge in [-0.2, -0.15) is 0 Å². The van der Waals surface area contributed by atoms with Crippen molar-refractivity contribution in [3.8, 4) is 11.5 Å². The van der Waals surface area contributed by atoms with Crippen LogP contribution in [0.15, 0.2) is 70.7 Å². The van der Waals surface area contributed by atoms with Crippen LogP contribution in [0, 0.1) is 23.6 Å². The van der Waals surface area contributed by atoms with Crippen LogP contribution < -0.4 is 19.7 Å². The molecule has 226 valence electrons. The summed E-state index contributed by atoms with van der Waals surface area (Å²) >= 11 is 3.51. The van der Waals surface area contributed by atoms with Crippen molar-refractivity contribution in [2.24, 2.45) is 17.8 Å². The number of barbiturate groups is 1. The van der Waals surface area contributed by atoms with E-state index in [1.807, 2.05) is 12.1 Å². The molecule has 0 spiro atoms. The number of urea groups is 1. The molecule has 0 atom stereocenters. The van der Waals surface area contributed by atoms with Crippen molar-refractivity contribution < 1.29 is 28.2 Å². The Kier molecular flexibility index (Phi) is 7.31. The van der Waals surface area contributed by atoms with Crippen molar-refractivity contribution in [2.45, 2.75) is 50.5 Å². The van der Waals surface area contributed by atoms with Crippen LogP contribution in [-0.2, 0) is 21.6 Å². The molecule has 4 amide bonds. The number of imide groups is 2. The summed E-state index contributed by atoms with van der Waals surface area (Å²) in [5.41, 5.74) is 2.98. The monoisotopic (exact) mass is 658 g/mol. The summed E-state index contributed by atoms with van der Waals surface area (Å²) in [7, 11) is 1.48. The number of nitrogens with one attached hydrogen (secondary N) is 1. The summed E-state index contributed by atoms with van der Waals surface area (Å²) in [4.78, 5) is 40.5. The van der Waals surface area contributed by atoms with Gasteiger partial charge in [0.2, 0.25) is 0 Å². The second-order valence-corrected chi connectivity index (χ2v) is 13.5. The summed E-state index contributed by atoms with van der Waals surface area (Å²) in [6, 6.07) is 16.3. The van der Waals surface area contributed by atoms with E-state index in [1.54, 1.807) is 24.3 Å².